The molecule has 0 aromatic heterocycles. The Morgan fingerprint density at radius 2 is 1.89 bits per heavy atom. The van der Waals surface area contributed by atoms with E-state index in [1.807, 2.05) is 6.92 Å². The highest BCUT2D eigenvalue weighted by molar-refractivity contribution is 5.75. The average molecular weight is 261 g/mol. The second kappa shape index (κ2) is 6.28. The molecule has 100 valence electrons. The van der Waals surface area contributed by atoms with Crippen molar-refractivity contribution < 1.29 is 22.7 Å². The van der Waals surface area contributed by atoms with E-state index in [-0.39, 0.29) is 11.7 Å². The molecule has 0 aliphatic carbocycles. The smallest absolute Gasteiger partial charge is 0.406 e. The van der Waals surface area contributed by atoms with E-state index in [4.69, 9.17) is 0 Å². The molecule has 0 unspecified atom stereocenters. The highest BCUT2D eigenvalue weighted by Gasteiger charge is 2.30. The summed E-state index contributed by atoms with van der Waals surface area (Å²) in [5, 5.41) is 2.67. The number of alkyl halides is 3. The van der Waals surface area contributed by atoms with E-state index >= 15 is 0 Å². The summed E-state index contributed by atoms with van der Waals surface area (Å²) in [5.74, 6) is -0.348. The van der Waals surface area contributed by atoms with Crippen molar-refractivity contribution in [2.24, 2.45) is 0 Å². The predicted octanol–water partition coefficient (Wildman–Crippen LogP) is 3.00. The lowest BCUT2D eigenvalue weighted by atomic mass is 10.2. The fourth-order valence-corrected chi connectivity index (χ4v) is 1.33. The lowest BCUT2D eigenvalue weighted by molar-refractivity contribution is -0.274. The number of carbonyl (C=O) groups excluding carboxylic acids is 1. The number of hydrogen-bond donors (Lipinski definition) is 1. The largest absolute Gasteiger partial charge is 0.573 e. The van der Waals surface area contributed by atoms with Gasteiger partial charge in [-0.05, 0) is 24.1 Å². The number of rotatable bonds is 5. The molecule has 1 aromatic rings. The van der Waals surface area contributed by atoms with Gasteiger partial charge in [-0.1, -0.05) is 19.1 Å². The number of nitrogens with one attached hydrogen (secondary N) is 1. The summed E-state index contributed by atoms with van der Waals surface area (Å²) in [6, 6.07) is 5.39. The van der Waals surface area contributed by atoms with E-state index in [0.717, 1.165) is 6.42 Å². The topological polar surface area (TPSA) is 38.3 Å². The molecule has 6 heteroatoms. The second-order valence-electron chi connectivity index (χ2n) is 3.72. The normalized spacial score (nSPS) is 11.1. The standard InChI is InChI=1S/C12H14F3NO2/c1-2-3-11(17)16-8-9-4-6-10(7-5-9)18-12(13,14)15/h4-7H,2-3,8H2,1H3,(H,16,17). The van der Waals surface area contributed by atoms with Crippen molar-refractivity contribution in [3.8, 4) is 5.75 Å². The van der Waals surface area contributed by atoms with Crippen LogP contribution in [-0.2, 0) is 11.3 Å². The predicted molar refractivity (Wildman–Crippen MR) is 59.9 cm³/mol. The van der Waals surface area contributed by atoms with Crippen LogP contribution in [0.3, 0.4) is 0 Å². The zero-order valence-corrected chi connectivity index (χ0v) is 9.88. The number of carbonyl (C=O) groups is 1. The molecule has 0 fully saturated rings. The lowest BCUT2D eigenvalue weighted by Crippen LogP contribution is -2.22. The van der Waals surface area contributed by atoms with Crippen molar-refractivity contribution >= 4 is 5.91 Å². The molecule has 0 atom stereocenters. The van der Waals surface area contributed by atoms with Gasteiger partial charge in [0.25, 0.3) is 0 Å². The maximum Gasteiger partial charge on any atom is 0.573 e. The van der Waals surface area contributed by atoms with Crippen LogP contribution >= 0.6 is 0 Å². The first-order chi connectivity index (χ1) is 8.40. The van der Waals surface area contributed by atoms with Crippen LogP contribution < -0.4 is 10.1 Å². The number of benzene rings is 1. The SMILES string of the molecule is CCCC(=O)NCc1ccc(OC(F)(F)F)cc1. The van der Waals surface area contributed by atoms with Crippen molar-refractivity contribution in [2.45, 2.75) is 32.7 Å². The van der Waals surface area contributed by atoms with Gasteiger partial charge in [-0.25, -0.2) is 0 Å². The number of ether oxygens (including phenoxy) is 1. The van der Waals surface area contributed by atoms with Crippen LogP contribution in [0.15, 0.2) is 24.3 Å². The summed E-state index contributed by atoms with van der Waals surface area (Å²) in [6.07, 6.45) is -3.49. The summed E-state index contributed by atoms with van der Waals surface area (Å²) >= 11 is 0. The number of halogens is 3. The van der Waals surface area contributed by atoms with E-state index in [2.05, 4.69) is 10.1 Å². The van der Waals surface area contributed by atoms with E-state index in [0.29, 0.717) is 18.5 Å². The van der Waals surface area contributed by atoms with Crippen LogP contribution in [0.4, 0.5) is 13.2 Å². The Hall–Kier alpha value is -1.72. The Labute approximate surface area is 103 Å². The molecular weight excluding hydrogens is 247 g/mol. The molecule has 1 rings (SSSR count). The minimum Gasteiger partial charge on any atom is -0.406 e. The average Bonchev–Trinajstić information content (AvgIpc) is 2.26. The van der Waals surface area contributed by atoms with Gasteiger partial charge in [-0.15, -0.1) is 13.2 Å². The lowest BCUT2D eigenvalue weighted by Gasteiger charge is -2.09. The molecule has 0 aliphatic heterocycles. The van der Waals surface area contributed by atoms with Crippen LogP contribution in [0.25, 0.3) is 0 Å². The van der Waals surface area contributed by atoms with Gasteiger partial charge >= 0.3 is 6.36 Å². The molecule has 0 radical (unpaired) electrons. The molecule has 0 spiro atoms. The molecule has 1 N–H and O–H groups in total. The highest BCUT2D eigenvalue weighted by Crippen LogP contribution is 2.22. The number of amides is 1. The first-order valence-corrected chi connectivity index (χ1v) is 5.52. The van der Waals surface area contributed by atoms with Crippen molar-refractivity contribution in [1.82, 2.24) is 5.32 Å². The minimum atomic E-state index is -4.68. The first-order valence-electron chi connectivity index (χ1n) is 5.52. The van der Waals surface area contributed by atoms with Crippen LogP contribution in [0, 0.1) is 0 Å². The third-order valence-corrected chi connectivity index (χ3v) is 2.12. The van der Waals surface area contributed by atoms with E-state index in [9.17, 15) is 18.0 Å². The summed E-state index contributed by atoms with van der Waals surface area (Å²) < 4.78 is 39.4. The zero-order valence-electron chi connectivity index (χ0n) is 9.88. The van der Waals surface area contributed by atoms with Crippen molar-refractivity contribution in [3.05, 3.63) is 29.8 Å². The molecular formula is C12H14F3NO2. The van der Waals surface area contributed by atoms with Gasteiger partial charge in [0, 0.05) is 13.0 Å². The first kappa shape index (κ1) is 14.3. The van der Waals surface area contributed by atoms with Gasteiger partial charge in [-0.3, -0.25) is 4.79 Å². The van der Waals surface area contributed by atoms with Gasteiger partial charge in [-0.2, -0.15) is 0 Å². The van der Waals surface area contributed by atoms with Gasteiger partial charge in [0.1, 0.15) is 5.75 Å². The second-order valence-corrected chi connectivity index (χ2v) is 3.72. The Morgan fingerprint density at radius 3 is 2.39 bits per heavy atom. The Morgan fingerprint density at radius 1 is 1.28 bits per heavy atom. The highest BCUT2D eigenvalue weighted by atomic mass is 19.4. The molecule has 18 heavy (non-hydrogen) atoms. The van der Waals surface area contributed by atoms with Crippen LogP contribution in [0.2, 0.25) is 0 Å². The molecule has 0 saturated carbocycles. The molecule has 0 saturated heterocycles. The van der Waals surface area contributed by atoms with Crippen LogP contribution in [0.5, 0.6) is 5.75 Å². The summed E-state index contributed by atoms with van der Waals surface area (Å²) in [4.78, 5) is 11.2. The van der Waals surface area contributed by atoms with Gasteiger partial charge in [0.05, 0.1) is 0 Å². The maximum atomic E-state index is 11.9. The summed E-state index contributed by atoms with van der Waals surface area (Å²) in [6.45, 7) is 2.19. The third kappa shape index (κ3) is 5.56. The molecule has 1 amide bonds. The Balaban J connectivity index is 2.48. The third-order valence-electron chi connectivity index (χ3n) is 2.12. The van der Waals surface area contributed by atoms with Crippen LogP contribution in [0.1, 0.15) is 25.3 Å². The molecule has 0 heterocycles. The maximum absolute atomic E-state index is 11.9. The molecule has 3 nitrogen and oxygen atoms in total. The Bertz CT molecular complexity index is 387. The Kier molecular flexibility index (Phi) is 5.00. The number of hydrogen-bond acceptors (Lipinski definition) is 2. The van der Waals surface area contributed by atoms with Gasteiger partial charge < -0.3 is 10.1 Å². The zero-order chi connectivity index (χ0) is 13.6. The van der Waals surface area contributed by atoms with Crippen molar-refractivity contribution in [1.29, 1.82) is 0 Å². The van der Waals surface area contributed by atoms with Gasteiger partial charge in [0.15, 0.2) is 0 Å². The fourth-order valence-electron chi connectivity index (χ4n) is 1.33. The quantitative estimate of drug-likeness (QED) is 0.884. The van der Waals surface area contributed by atoms with Crippen molar-refractivity contribution in [3.63, 3.8) is 0 Å². The fraction of sp³-hybridized carbons (Fsp3) is 0.417. The van der Waals surface area contributed by atoms with E-state index < -0.39 is 6.36 Å². The minimum absolute atomic E-state index is 0.0758. The summed E-state index contributed by atoms with van der Waals surface area (Å²) in [5.41, 5.74) is 0.717. The molecule has 0 bridgehead atoms. The molecule has 1 aromatic carbocycles. The summed E-state index contributed by atoms with van der Waals surface area (Å²) in [7, 11) is 0. The monoisotopic (exact) mass is 261 g/mol. The van der Waals surface area contributed by atoms with E-state index in [1.54, 1.807) is 0 Å². The van der Waals surface area contributed by atoms with E-state index in [1.165, 1.54) is 24.3 Å². The van der Waals surface area contributed by atoms with Crippen molar-refractivity contribution in [2.75, 3.05) is 0 Å². The van der Waals surface area contributed by atoms with Gasteiger partial charge in [0.2, 0.25) is 5.91 Å². The van der Waals surface area contributed by atoms with Crippen LogP contribution in [-0.4, -0.2) is 12.3 Å². The molecule has 0 aliphatic rings.